The smallest absolute Gasteiger partial charge is 0.224 e. The molecule has 0 atom stereocenters. The zero-order valence-electron chi connectivity index (χ0n) is 18.1. The van der Waals surface area contributed by atoms with E-state index < -0.39 is 0 Å². The molecule has 1 aromatic carbocycles. The van der Waals surface area contributed by atoms with Crippen molar-refractivity contribution in [3.05, 3.63) is 60.0 Å². The lowest BCUT2D eigenvalue weighted by molar-refractivity contribution is -0.116. The lowest BCUT2D eigenvalue weighted by Crippen LogP contribution is -2.37. The molecule has 0 saturated carbocycles. The summed E-state index contributed by atoms with van der Waals surface area (Å²) in [4.78, 5) is 16.7. The van der Waals surface area contributed by atoms with Crippen LogP contribution in [0.5, 0.6) is 0 Å². The predicted molar refractivity (Wildman–Crippen MR) is 135 cm³/mol. The average Bonchev–Trinajstić information content (AvgIpc) is 3.13. The van der Waals surface area contributed by atoms with Gasteiger partial charge in [0, 0.05) is 24.8 Å². The Balaban J connectivity index is 0.00000341. The average molecular weight is 535 g/mol. The van der Waals surface area contributed by atoms with Crippen LogP contribution in [0.25, 0.3) is 5.65 Å². The summed E-state index contributed by atoms with van der Waals surface area (Å²) in [6.07, 6.45) is 2.45. The highest BCUT2D eigenvalue weighted by Crippen LogP contribution is 2.13. The molecular formula is C22H30IN7O. The van der Waals surface area contributed by atoms with Crippen molar-refractivity contribution in [2.75, 3.05) is 11.9 Å². The predicted octanol–water partition coefficient (Wildman–Crippen LogP) is 3.59. The summed E-state index contributed by atoms with van der Waals surface area (Å²) in [5, 5.41) is 17.9. The number of anilines is 1. The zero-order chi connectivity index (χ0) is 21.3. The number of guanidine groups is 1. The Labute approximate surface area is 200 Å². The Hall–Kier alpha value is -2.69. The van der Waals surface area contributed by atoms with Gasteiger partial charge in [0.05, 0.1) is 13.1 Å². The van der Waals surface area contributed by atoms with Crippen molar-refractivity contribution in [2.24, 2.45) is 10.9 Å². The topological polar surface area (TPSA) is 95.7 Å². The summed E-state index contributed by atoms with van der Waals surface area (Å²) in [5.74, 6) is 1.86. The second-order valence-corrected chi connectivity index (χ2v) is 7.44. The molecule has 0 aliphatic heterocycles. The highest BCUT2D eigenvalue weighted by molar-refractivity contribution is 14.0. The molecule has 3 rings (SSSR count). The quantitative estimate of drug-likeness (QED) is 0.233. The molecule has 9 heteroatoms. The third kappa shape index (κ3) is 7.50. The number of nitrogens with one attached hydrogen (secondary N) is 3. The number of pyridine rings is 1. The van der Waals surface area contributed by atoms with E-state index in [0.717, 1.165) is 29.3 Å². The van der Waals surface area contributed by atoms with Crippen LogP contribution in [-0.4, -0.2) is 33.0 Å². The number of carbonyl (C=O) groups is 1. The van der Waals surface area contributed by atoms with Gasteiger partial charge in [0.15, 0.2) is 17.4 Å². The molecule has 0 saturated heterocycles. The molecular weight excluding hydrogens is 505 g/mol. The normalized spacial score (nSPS) is 11.3. The van der Waals surface area contributed by atoms with Crippen molar-refractivity contribution in [2.45, 2.75) is 40.3 Å². The number of nitrogens with zero attached hydrogens (tertiary/aromatic N) is 4. The van der Waals surface area contributed by atoms with Crippen molar-refractivity contribution in [3.8, 4) is 0 Å². The second-order valence-electron chi connectivity index (χ2n) is 7.44. The zero-order valence-corrected chi connectivity index (χ0v) is 20.5. The summed E-state index contributed by atoms with van der Waals surface area (Å²) < 4.78 is 1.94. The Morgan fingerprint density at radius 1 is 1.13 bits per heavy atom. The van der Waals surface area contributed by atoms with Gasteiger partial charge in [-0.25, -0.2) is 4.99 Å². The van der Waals surface area contributed by atoms with Crippen LogP contribution >= 0.6 is 24.0 Å². The number of halogens is 1. The van der Waals surface area contributed by atoms with Gasteiger partial charge in [-0.3, -0.25) is 9.20 Å². The monoisotopic (exact) mass is 535 g/mol. The van der Waals surface area contributed by atoms with Gasteiger partial charge in [-0.15, -0.1) is 34.2 Å². The van der Waals surface area contributed by atoms with Gasteiger partial charge in [0.2, 0.25) is 5.91 Å². The third-order valence-electron chi connectivity index (χ3n) is 4.37. The number of aliphatic imine (C=N–C) groups is 1. The van der Waals surface area contributed by atoms with Crippen LogP contribution in [0.2, 0.25) is 0 Å². The van der Waals surface area contributed by atoms with E-state index >= 15 is 0 Å². The maximum atomic E-state index is 12.0. The largest absolute Gasteiger partial charge is 0.357 e. The van der Waals surface area contributed by atoms with Gasteiger partial charge in [-0.05, 0) is 42.7 Å². The van der Waals surface area contributed by atoms with E-state index in [4.69, 9.17) is 0 Å². The number of carbonyl (C=O) groups excluding carboxylic acids is 1. The van der Waals surface area contributed by atoms with Gasteiger partial charge in [-0.2, -0.15) is 0 Å². The van der Waals surface area contributed by atoms with Crippen LogP contribution in [0.1, 0.15) is 38.6 Å². The first-order valence-electron chi connectivity index (χ1n) is 10.2. The summed E-state index contributed by atoms with van der Waals surface area (Å²) >= 11 is 0. The molecule has 0 bridgehead atoms. The SMILES string of the molecule is CCNC(=NCc1cccc(NC(=O)CC(C)C)c1)NCc1nnc2ccccn12.I. The summed E-state index contributed by atoms with van der Waals surface area (Å²) in [5.41, 5.74) is 2.62. The molecule has 2 aromatic heterocycles. The van der Waals surface area contributed by atoms with E-state index in [1.165, 1.54) is 0 Å². The van der Waals surface area contributed by atoms with Crippen LogP contribution in [0, 0.1) is 5.92 Å². The molecule has 0 unspecified atom stereocenters. The Morgan fingerprint density at radius 3 is 2.74 bits per heavy atom. The molecule has 8 nitrogen and oxygen atoms in total. The van der Waals surface area contributed by atoms with Crippen LogP contribution in [0.3, 0.4) is 0 Å². The molecule has 31 heavy (non-hydrogen) atoms. The minimum absolute atomic E-state index is 0. The van der Waals surface area contributed by atoms with Gasteiger partial charge in [0.25, 0.3) is 0 Å². The molecule has 3 aromatic rings. The molecule has 0 radical (unpaired) electrons. The lowest BCUT2D eigenvalue weighted by Gasteiger charge is -2.11. The molecule has 0 aliphatic carbocycles. The number of amides is 1. The number of hydrogen-bond acceptors (Lipinski definition) is 4. The van der Waals surface area contributed by atoms with Crippen molar-refractivity contribution in [1.29, 1.82) is 0 Å². The third-order valence-corrected chi connectivity index (χ3v) is 4.37. The van der Waals surface area contributed by atoms with E-state index in [-0.39, 0.29) is 29.9 Å². The first-order chi connectivity index (χ1) is 14.5. The highest BCUT2D eigenvalue weighted by atomic mass is 127. The Bertz CT molecular complexity index is 1020. The van der Waals surface area contributed by atoms with Gasteiger partial charge >= 0.3 is 0 Å². The van der Waals surface area contributed by atoms with Crippen molar-refractivity contribution in [1.82, 2.24) is 25.2 Å². The maximum absolute atomic E-state index is 12.0. The number of fused-ring (bicyclic) bond motifs is 1. The molecule has 0 fully saturated rings. The number of rotatable bonds is 8. The molecule has 0 aliphatic rings. The minimum atomic E-state index is 0. The second kappa shape index (κ2) is 12.2. The minimum Gasteiger partial charge on any atom is -0.357 e. The standard InChI is InChI=1S/C22H29N7O.HI/c1-4-23-22(25-15-20-28-27-19-10-5-6-11-29(19)20)24-14-17-8-7-9-18(13-17)26-21(30)12-16(2)3;/h5-11,13,16H,4,12,14-15H2,1-3H3,(H,26,30)(H2,23,24,25);1H. The van der Waals surface area contributed by atoms with Crippen molar-refractivity contribution < 1.29 is 4.79 Å². The lowest BCUT2D eigenvalue weighted by atomic mass is 10.1. The van der Waals surface area contributed by atoms with E-state index in [9.17, 15) is 4.79 Å². The van der Waals surface area contributed by atoms with Crippen LogP contribution in [-0.2, 0) is 17.9 Å². The Kier molecular flexibility index (Phi) is 9.70. The fraction of sp³-hybridized carbons (Fsp3) is 0.364. The molecule has 2 heterocycles. The van der Waals surface area contributed by atoms with E-state index in [1.54, 1.807) is 0 Å². The van der Waals surface area contributed by atoms with Crippen molar-refractivity contribution in [3.63, 3.8) is 0 Å². The molecule has 3 N–H and O–H groups in total. The van der Waals surface area contributed by atoms with Gasteiger partial charge < -0.3 is 16.0 Å². The fourth-order valence-corrected chi connectivity index (χ4v) is 3.02. The highest BCUT2D eigenvalue weighted by Gasteiger charge is 2.07. The Morgan fingerprint density at radius 2 is 1.97 bits per heavy atom. The summed E-state index contributed by atoms with van der Waals surface area (Å²) in [6.45, 7) is 7.82. The van der Waals surface area contributed by atoms with E-state index in [1.807, 2.05) is 73.8 Å². The number of hydrogen-bond donors (Lipinski definition) is 3. The fourth-order valence-electron chi connectivity index (χ4n) is 3.02. The number of aromatic nitrogens is 3. The number of benzene rings is 1. The van der Waals surface area contributed by atoms with Crippen LogP contribution in [0.15, 0.2) is 53.7 Å². The first kappa shape index (κ1) is 24.6. The van der Waals surface area contributed by atoms with Gasteiger partial charge in [0.1, 0.15) is 0 Å². The van der Waals surface area contributed by atoms with E-state index in [0.29, 0.717) is 31.4 Å². The van der Waals surface area contributed by atoms with Gasteiger partial charge in [-0.1, -0.05) is 32.0 Å². The van der Waals surface area contributed by atoms with Crippen LogP contribution < -0.4 is 16.0 Å². The van der Waals surface area contributed by atoms with Crippen LogP contribution in [0.4, 0.5) is 5.69 Å². The molecule has 166 valence electrons. The van der Waals surface area contributed by atoms with Crippen molar-refractivity contribution >= 4 is 47.2 Å². The molecule has 1 amide bonds. The first-order valence-corrected chi connectivity index (χ1v) is 10.2. The maximum Gasteiger partial charge on any atom is 0.224 e. The molecule has 0 spiro atoms. The van der Waals surface area contributed by atoms with E-state index in [2.05, 4.69) is 31.1 Å². The summed E-state index contributed by atoms with van der Waals surface area (Å²) in [6, 6.07) is 13.6. The summed E-state index contributed by atoms with van der Waals surface area (Å²) in [7, 11) is 0.